The fourth-order valence-electron chi connectivity index (χ4n) is 3.19. The van der Waals surface area contributed by atoms with Gasteiger partial charge in [0.25, 0.3) is 0 Å². The summed E-state index contributed by atoms with van der Waals surface area (Å²) in [7, 11) is -0.969. The minimum absolute atomic E-state index is 0.0487. The number of methoxy groups -OCH3 is 2. The van der Waals surface area contributed by atoms with Crippen LogP contribution >= 0.6 is 11.6 Å². The van der Waals surface area contributed by atoms with Crippen molar-refractivity contribution in [1.82, 2.24) is 4.31 Å². The van der Waals surface area contributed by atoms with Gasteiger partial charge in [-0.2, -0.15) is 4.31 Å². The molecule has 1 N–H and O–H groups in total. The Morgan fingerprint density at radius 2 is 1.89 bits per heavy atom. The maximum absolute atomic E-state index is 13.2. The molecule has 0 saturated carbocycles. The fraction of sp³-hybridized carbons (Fsp3) is 0.316. The number of hydrogen-bond donors (Lipinski definition) is 1. The zero-order valence-electron chi connectivity index (χ0n) is 15.5. The lowest BCUT2D eigenvalue weighted by Gasteiger charge is -2.24. The largest absolute Gasteiger partial charge is 0.493 e. The molecule has 2 aromatic rings. The number of carbonyl (C=O) groups excluding carboxylic acids is 1. The molecule has 1 fully saturated rings. The van der Waals surface area contributed by atoms with E-state index < -0.39 is 16.1 Å². The molecule has 1 amide bonds. The SMILES string of the molecule is COc1ccc(S(=O)(=O)N2CCCC2C(=O)Nc2cccc(Cl)c2)cc1OC. The van der Waals surface area contributed by atoms with Crippen LogP contribution in [0.15, 0.2) is 47.4 Å². The van der Waals surface area contributed by atoms with Crippen molar-refractivity contribution in [1.29, 1.82) is 0 Å². The van der Waals surface area contributed by atoms with Crippen LogP contribution in [0.4, 0.5) is 5.69 Å². The lowest BCUT2D eigenvalue weighted by Crippen LogP contribution is -2.43. The number of anilines is 1. The number of nitrogens with zero attached hydrogens (tertiary/aromatic N) is 1. The van der Waals surface area contributed by atoms with Gasteiger partial charge in [0, 0.05) is 23.3 Å². The molecular formula is C19H21ClN2O5S. The quantitative estimate of drug-likeness (QED) is 0.769. The van der Waals surface area contributed by atoms with E-state index in [9.17, 15) is 13.2 Å². The lowest BCUT2D eigenvalue weighted by molar-refractivity contribution is -0.119. The third-order valence-electron chi connectivity index (χ3n) is 4.56. The van der Waals surface area contributed by atoms with E-state index in [0.29, 0.717) is 35.1 Å². The van der Waals surface area contributed by atoms with Gasteiger partial charge in [0.05, 0.1) is 19.1 Å². The zero-order valence-corrected chi connectivity index (χ0v) is 17.1. The highest BCUT2D eigenvalue weighted by atomic mass is 35.5. The zero-order chi connectivity index (χ0) is 20.3. The number of halogens is 1. The molecule has 9 heteroatoms. The minimum atomic E-state index is -3.88. The van der Waals surface area contributed by atoms with Gasteiger partial charge in [-0.1, -0.05) is 17.7 Å². The van der Waals surface area contributed by atoms with Gasteiger partial charge in [-0.25, -0.2) is 8.42 Å². The third-order valence-corrected chi connectivity index (χ3v) is 6.70. The topological polar surface area (TPSA) is 84.9 Å². The molecule has 1 saturated heterocycles. The van der Waals surface area contributed by atoms with Crippen LogP contribution in [0.3, 0.4) is 0 Å². The molecule has 7 nitrogen and oxygen atoms in total. The molecule has 1 aliphatic rings. The van der Waals surface area contributed by atoms with E-state index in [0.717, 1.165) is 0 Å². The number of nitrogens with one attached hydrogen (secondary N) is 1. The first kappa shape index (κ1) is 20.4. The lowest BCUT2D eigenvalue weighted by atomic mass is 10.2. The second-order valence-electron chi connectivity index (χ2n) is 6.29. The first-order valence-corrected chi connectivity index (χ1v) is 10.5. The Morgan fingerprint density at radius 1 is 1.14 bits per heavy atom. The summed E-state index contributed by atoms with van der Waals surface area (Å²) < 4.78 is 37.9. The van der Waals surface area contributed by atoms with Crippen molar-refractivity contribution in [2.45, 2.75) is 23.8 Å². The normalized spacial score (nSPS) is 17.3. The van der Waals surface area contributed by atoms with Gasteiger partial charge in [-0.15, -0.1) is 0 Å². The van der Waals surface area contributed by atoms with Crippen molar-refractivity contribution in [2.24, 2.45) is 0 Å². The van der Waals surface area contributed by atoms with Crippen LogP contribution in [0.1, 0.15) is 12.8 Å². The van der Waals surface area contributed by atoms with Crippen LogP contribution in [-0.2, 0) is 14.8 Å². The molecular weight excluding hydrogens is 404 g/mol. The van der Waals surface area contributed by atoms with E-state index in [-0.39, 0.29) is 17.3 Å². The van der Waals surface area contributed by atoms with E-state index in [1.807, 2.05) is 0 Å². The number of rotatable bonds is 6. The van der Waals surface area contributed by atoms with Crippen molar-refractivity contribution in [2.75, 3.05) is 26.1 Å². The number of ether oxygens (including phenoxy) is 2. The summed E-state index contributed by atoms with van der Waals surface area (Å²) in [5.74, 6) is 0.352. The van der Waals surface area contributed by atoms with E-state index in [4.69, 9.17) is 21.1 Å². The van der Waals surface area contributed by atoms with Gasteiger partial charge in [0.1, 0.15) is 6.04 Å². The van der Waals surface area contributed by atoms with E-state index in [2.05, 4.69) is 5.32 Å². The van der Waals surface area contributed by atoms with Gasteiger partial charge < -0.3 is 14.8 Å². The van der Waals surface area contributed by atoms with E-state index >= 15 is 0 Å². The molecule has 1 aliphatic heterocycles. The number of hydrogen-bond acceptors (Lipinski definition) is 5. The third kappa shape index (κ3) is 4.09. The summed E-state index contributed by atoms with van der Waals surface area (Å²) in [6.07, 6.45) is 1.04. The Kier molecular flexibility index (Phi) is 6.12. The average molecular weight is 425 g/mol. The standard InChI is InChI=1S/C19H21ClN2O5S/c1-26-17-9-8-15(12-18(17)27-2)28(24,25)22-10-4-7-16(22)19(23)21-14-6-3-5-13(20)11-14/h3,5-6,8-9,11-12,16H,4,7,10H2,1-2H3,(H,21,23). The Labute approximate surface area is 169 Å². The summed E-state index contributed by atoms with van der Waals surface area (Å²) in [4.78, 5) is 12.8. The summed E-state index contributed by atoms with van der Waals surface area (Å²) in [5.41, 5.74) is 0.521. The van der Waals surface area contributed by atoms with Crippen LogP contribution in [0.2, 0.25) is 5.02 Å². The van der Waals surface area contributed by atoms with Gasteiger partial charge >= 0.3 is 0 Å². The second-order valence-corrected chi connectivity index (χ2v) is 8.62. The molecule has 0 aliphatic carbocycles. The van der Waals surface area contributed by atoms with Crippen molar-refractivity contribution < 1.29 is 22.7 Å². The maximum atomic E-state index is 13.2. The Hall–Kier alpha value is -2.29. The molecule has 0 aromatic heterocycles. The highest BCUT2D eigenvalue weighted by Crippen LogP contribution is 2.33. The van der Waals surface area contributed by atoms with Crippen molar-refractivity contribution in [3.8, 4) is 11.5 Å². The predicted molar refractivity (Wildman–Crippen MR) is 107 cm³/mol. The molecule has 1 atom stereocenters. The van der Waals surface area contributed by atoms with Crippen molar-refractivity contribution in [3.63, 3.8) is 0 Å². The smallest absolute Gasteiger partial charge is 0.243 e. The molecule has 0 bridgehead atoms. The Balaban J connectivity index is 1.85. The van der Waals surface area contributed by atoms with Gasteiger partial charge in [-0.3, -0.25) is 4.79 Å². The first-order valence-electron chi connectivity index (χ1n) is 8.67. The summed E-state index contributed by atoms with van der Waals surface area (Å²) >= 11 is 5.94. The Morgan fingerprint density at radius 3 is 2.57 bits per heavy atom. The molecule has 28 heavy (non-hydrogen) atoms. The monoisotopic (exact) mass is 424 g/mol. The van der Waals surface area contributed by atoms with Crippen molar-refractivity contribution >= 4 is 33.2 Å². The molecule has 1 unspecified atom stereocenters. The average Bonchev–Trinajstić information content (AvgIpc) is 3.18. The van der Waals surface area contributed by atoms with Crippen LogP contribution < -0.4 is 14.8 Å². The van der Waals surface area contributed by atoms with Crippen LogP contribution in [0.5, 0.6) is 11.5 Å². The predicted octanol–water partition coefficient (Wildman–Crippen LogP) is 3.15. The number of carbonyl (C=O) groups is 1. The minimum Gasteiger partial charge on any atom is -0.493 e. The second kappa shape index (κ2) is 8.38. The van der Waals surface area contributed by atoms with Gasteiger partial charge in [0.2, 0.25) is 15.9 Å². The number of benzene rings is 2. The first-order chi connectivity index (χ1) is 13.4. The Bertz CT molecular complexity index is 980. The van der Waals surface area contributed by atoms with E-state index in [1.165, 1.54) is 36.7 Å². The van der Waals surface area contributed by atoms with Crippen LogP contribution in [0, 0.1) is 0 Å². The summed E-state index contributed by atoms with van der Waals surface area (Å²) in [6.45, 7) is 0.268. The molecule has 0 spiro atoms. The molecule has 2 aromatic carbocycles. The fourth-order valence-corrected chi connectivity index (χ4v) is 5.06. The molecule has 0 radical (unpaired) electrons. The van der Waals surface area contributed by atoms with Crippen LogP contribution in [0.25, 0.3) is 0 Å². The number of sulfonamides is 1. The van der Waals surface area contributed by atoms with Crippen molar-refractivity contribution in [3.05, 3.63) is 47.5 Å². The molecule has 1 heterocycles. The summed E-state index contributed by atoms with van der Waals surface area (Å²) in [6, 6.07) is 10.3. The highest BCUT2D eigenvalue weighted by molar-refractivity contribution is 7.89. The maximum Gasteiger partial charge on any atom is 0.243 e. The van der Waals surface area contributed by atoms with Gasteiger partial charge in [-0.05, 0) is 43.2 Å². The summed E-state index contributed by atoms with van der Waals surface area (Å²) in [5, 5.41) is 3.23. The number of amides is 1. The van der Waals surface area contributed by atoms with E-state index in [1.54, 1.807) is 24.3 Å². The van der Waals surface area contributed by atoms with Crippen LogP contribution in [-0.4, -0.2) is 45.4 Å². The van der Waals surface area contributed by atoms with Gasteiger partial charge in [0.15, 0.2) is 11.5 Å². The molecule has 3 rings (SSSR count). The highest BCUT2D eigenvalue weighted by Gasteiger charge is 2.39. The molecule has 150 valence electrons.